The molecule has 3 aromatic heterocycles. The normalized spacial score (nSPS) is 25.9. The van der Waals surface area contributed by atoms with Crippen LogP contribution in [-0.2, 0) is 19.1 Å². The number of nitrogens with zero attached hydrogens (tertiary/aromatic N) is 10. The summed E-state index contributed by atoms with van der Waals surface area (Å²) in [6.07, 6.45) is 9.89. The summed E-state index contributed by atoms with van der Waals surface area (Å²) in [5, 5.41) is 37.5. The van der Waals surface area contributed by atoms with Gasteiger partial charge in [0.1, 0.15) is 17.7 Å². The van der Waals surface area contributed by atoms with E-state index >= 15 is 0 Å². The Morgan fingerprint density at radius 1 is 0.817 bits per heavy atom. The second-order valence-corrected chi connectivity index (χ2v) is 25.8. The van der Waals surface area contributed by atoms with E-state index < -0.39 is 18.1 Å². The Hall–Kier alpha value is -6.19. The summed E-state index contributed by atoms with van der Waals surface area (Å²) >= 11 is 1.60. The first-order valence-electron chi connectivity index (χ1n) is 30.3. The fourth-order valence-electron chi connectivity index (χ4n) is 14.6. The predicted octanol–water partition coefficient (Wildman–Crippen LogP) is 7.25. The molecule has 438 valence electrons. The number of rotatable bonds is 16. The molecule has 1 unspecified atom stereocenters. The van der Waals surface area contributed by atoms with E-state index in [1.165, 1.54) is 4.90 Å². The van der Waals surface area contributed by atoms with Crippen molar-refractivity contribution >= 4 is 46.4 Å². The molecule has 7 aliphatic rings. The number of thiazole rings is 1. The molecule has 0 radical (unpaired) electrons. The average molecular weight is 1140 g/mol. The molecule has 19 nitrogen and oxygen atoms in total. The van der Waals surface area contributed by atoms with E-state index in [0.29, 0.717) is 52.8 Å². The molecular weight excluding hydrogens is 1060 g/mol. The number of ether oxygens (including phenoxy) is 1. The molecule has 0 spiro atoms. The number of piperazine rings is 1. The Kier molecular flexibility index (Phi) is 16.6. The first kappa shape index (κ1) is 56.3. The Morgan fingerprint density at radius 3 is 2.22 bits per heavy atom. The van der Waals surface area contributed by atoms with Crippen LogP contribution in [0.2, 0.25) is 0 Å². The zero-order chi connectivity index (χ0) is 56.8. The molecule has 20 heteroatoms. The molecule has 1 aliphatic carbocycles. The minimum atomic E-state index is -0.804. The third kappa shape index (κ3) is 11.8. The van der Waals surface area contributed by atoms with Gasteiger partial charge < -0.3 is 55.0 Å². The van der Waals surface area contributed by atoms with Gasteiger partial charge >= 0.3 is 0 Å². The number of likely N-dealkylation sites (tertiary alicyclic amines) is 3. The van der Waals surface area contributed by atoms with Crippen LogP contribution < -0.4 is 20.9 Å². The lowest BCUT2D eigenvalue weighted by Crippen LogP contribution is -2.60. The highest BCUT2D eigenvalue weighted by molar-refractivity contribution is 7.13. The second kappa shape index (κ2) is 24.2. The van der Waals surface area contributed by atoms with Crippen LogP contribution in [0.25, 0.3) is 21.7 Å². The SMILES string of the molecule is Cc1ncsc1-c1ccc([C@H](C)NC(=O)[C@@H]2C[C@@H](O)CN2C(=O)[C@@H](c2cc(N3CCC(CN4CCC(OC5CC(C(=O)N6CCC(N7C8CC[C@@H]7CN(c7cc(-c9ccccc9O)nnc7N)C8)CC6)C5)CC4)CC3)no2)C(C)C)cc1. The van der Waals surface area contributed by atoms with E-state index in [-0.39, 0.29) is 60.6 Å². The van der Waals surface area contributed by atoms with Crippen LogP contribution in [0.4, 0.5) is 17.3 Å². The van der Waals surface area contributed by atoms with Crippen molar-refractivity contribution in [3.8, 4) is 27.4 Å². The molecule has 5 N–H and O–H groups in total. The number of aromatic hydroxyl groups is 1. The number of aromatic nitrogens is 4. The van der Waals surface area contributed by atoms with Crippen LogP contribution >= 0.6 is 11.3 Å². The van der Waals surface area contributed by atoms with Crippen molar-refractivity contribution in [1.82, 2.24) is 45.3 Å². The number of carbonyl (C=O) groups excluding carboxylic acids is 3. The number of β-amino-alcohol motifs (C(OH)–C–C–N with tert-alkyl or cyclic N) is 1. The van der Waals surface area contributed by atoms with E-state index in [4.69, 9.17) is 15.0 Å². The summed E-state index contributed by atoms with van der Waals surface area (Å²) in [6.45, 7) is 16.2. The van der Waals surface area contributed by atoms with E-state index in [9.17, 15) is 24.6 Å². The molecule has 1 saturated carbocycles. The highest BCUT2D eigenvalue weighted by atomic mass is 32.1. The summed E-state index contributed by atoms with van der Waals surface area (Å²) in [7, 11) is 0. The van der Waals surface area contributed by atoms with Gasteiger partial charge in [-0.3, -0.25) is 19.3 Å². The van der Waals surface area contributed by atoms with Gasteiger partial charge in [0.15, 0.2) is 17.4 Å². The second-order valence-electron chi connectivity index (χ2n) is 25.0. The molecule has 6 aliphatic heterocycles. The number of aliphatic hydroxyl groups is 1. The monoisotopic (exact) mass is 1140 g/mol. The number of phenols is 1. The number of piperidine rings is 3. The molecule has 2 bridgehead atoms. The average Bonchev–Trinajstić information content (AvgIpc) is 4.41. The van der Waals surface area contributed by atoms with Gasteiger partial charge in [-0.15, -0.1) is 21.5 Å². The highest BCUT2D eigenvalue weighted by Crippen LogP contribution is 2.41. The summed E-state index contributed by atoms with van der Waals surface area (Å²) in [6, 6.07) is 19.4. The molecule has 9 heterocycles. The van der Waals surface area contributed by atoms with Crippen molar-refractivity contribution in [3.05, 3.63) is 83.2 Å². The molecule has 5 aromatic rings. The predicted molar refractivity (Wildman–Crippen MR) is 315 cm³/mol. The van der Waals surface area contributed by atoms with Crippen molar-refractivity contribution in [2.45, 2.75) is 153 Å². The number of aliphatic hydroxyl groups excluding tert-OH is 1. The fourth-order valence-corrected chi connectivity index (χ4v) is 15.4. The number of hydrogen-bond acceptors (Lipinski definition) is 17. The van der Waals surface area contributed by atoms with Gasteiger partial charge in [0.2, 0.25) is 17.7 Å². The lowest BCUT2D eigenvalue weighted by Gasteiger charge is -2.48. The number of nitrogens with one attached hydrogen (secondary N) is 1. The molecule has 6 saturated heterocycles. The van der Waals surface area contributed by atoms with E-state index in [0.717, 1.165) is 156 Å². The van der Waals surface area contributed by atoms with E-state index in [1.807, 2.05) is 81.7 Å². The van der Waals surface area contributed by atoms with Crippen LogP contribution in [0.1, 0.15) is 120 Å². The molecule has 3 amide bonds. The Labute approximate surface area is 485 Å². The number of nitrogens with two attached hydrogens (primary N) is 1. The Bertz CT molecular complexity index is 3020. The maximum atomic E-state index is 14.4. The van der Waals surface area contributed by atoms with Crippen LogP contribution in [0.5, 0.6) is 5.75 Å². The van der Waals surface area contributed by atoms with Crippen molar-refractivity contribution in [2.75, 3.05) is 81.0 Å². The first-order valence-corrected chi connectivity index (χ1v) is 31.2. The Morgan fingerprint density at radius 2 is 1.54 bits per heavy atom. The smallest absolute Gasteiger partial charge is 0.243 e. The maximum absolute atomic E-state index is 14.4. The van der Waals surface area contributed by atoms with E-state index in [2.05, 4.69) is 50.2 Å². The number of para-hydroxylation sites is 1. The van der Waals surface area contributed by atoms with Crippen LogP contribution in [0, 0.1) is 24.7 Å². The number of fused-ring (bicyclic) bond motifs is 2. The third-order valence-corrected chi connectivity index (χ3v) is 20.3. The number of aryl methyl sites for hydroxylation is 1. The topological polar surface area (TPSA) is 223 Å². The summed E-state index contributed by atoms with van der Waals surface area (Å²) in [4.78, 5) is 61.2. The summed E-state index contributed by atoms with van der Waals surface area (Å²) in [5.74, 6) is 1.46. The summed E-state index contributed by atoms with van der Waals surface area (Å²) in [5.41, 5.74) is 13.4. The van der Waals surface area contributed by atoms with Crippen molar-refractivity contribution < 1.29 is 33.9 Å². The lowest BCUT2D eigenvalue weighted by molar-refractivity contribution is -0.151. The third-order valence-electron chi connectivity index (χ3n) is 19.3. The number of anilines is 3. The van der Waals surface area contributed by atoms with Crippen LogP contribution in [-0.4, -0.2) is 176 Å². The van der Waals surface area contributed by atoms with Crippen molar-refractivity contribution in [1.29, 1.82) is 0 Å². The van der Waals surface area contributed by atoms with Gasteiger partial charge in [-0.25, -0.2) is 4.98 Å². The van der Waals surface area contributed by atoms with Gasteiger partial charge in [-0.05, 0) is 119 Å². The molecule has 7 fully saturated rings. The quantitative estimate of drug-likeness (QED) is 0.0764. The van der Waals surface area contributed by atoms with Gasteiger partial charge in [-0.1, -0.05) is 55.4 Å². The van der Waals surface area contributed by atoms with Crippen LogP contribution in [0.3, 0.4) is 0 Å². The largest absolute Gasteiger partial charge is 0.507 e. The zero-order valence-electron chi connectivity index (χ0n) is 48.0. The van der Waals surface area contributed by atoms with Gasteiger partial charge in [0, 0.05) is 108 Å². The summed E-state index contributed by atoms with van der Waals surface area (Å²) < 4.78 is 12.6. The number of hydrogen-bond donors (Lipinski definition) is 4. The minimum Gasteiger partial charge on any atom is -0.507 e. The minimum absolute atomic E-state index is 0.0692. The number of phenolic OH excluding ortho intramolecular Hbond substituents is 1. The Balaban J connectivity index is 0.547. The fraction of sp³-hybridized carbons (Fsp3) is 0.597. The number of nitrogen functional groups attached to an aromatic ring is 1. The number of benzene rings is 2. The molecular formula is C62H82N12O7S. The molecule has 2 aromatic carbocycles. The van der Waals surface area contributed by atoms with Crippen molar-refractivity contribution in [2.24, 2.45) is 17.8 Å². The van der Waals surface area contributed by atoms with Crippen LogP contribution in [0.15, 0.2) is 70.7 Å². The first-order chi connectivity index (χ1) is 39.7. The van der Waals surface area contributed by atoms with Crippen molar-refractivity contribution in [3.63, 3.8) is 0 Å². The molecule has 82 heavy (non-hydrogen) atoms. The van der Waals surface area contributed by atoms with Gasteiger partial charge in [0.25, 0.3) is 0 Å². The standard InChI is InChI=1S/C62H82N12O7S/c1-37(2)57(62(79)73-35-47(75)29-53(73)60(77)65-38(3)41-9-11-42(12-10-41)58-39(4)64-36-82-58)55-31-56(68-81-55)70-23-15-40(16-24-70)32-69-21-19-48(20-22-69)80-49-27-43(28-49)61(78)71-25-17-44(18-26-71)74-45-13-14-46(74)34-72(33-45)52-30-51(66-67-59(52)63)50-7-5-6-8-54(50)76/h5-12,30-31,36-38,40,43-49,53,57,75-76H,13-29,32-35H2,1-4H3,(H2,63,67)(H,65,77)/t38-,43?,45+,46?,47+,49?,53-,57+/m0/s1. The van der Waals surface area contributed by atoms with Gasteiger partial charge in [-0.2, -0.15) is 0 Å². The zero-order valence-corrected chi connectivity index (χ0v) is 48.8. The molecule has 6 atom stereocenters. The number of amides is 3. The lowest BCUT2D eigenvalue weighted by atomic mass is 9.80. The molecule has 12 rings (SSSR count). The van der Waals surface area contributed by atoms with E-state index in [1.54, 1.807) is 23.5 Å². The number of carbonyl (C=O) groups is 3. The highest BCUT2D eigenvalue weighted by Gasteiger charge is 2.47. The van der Waals surface area contributed by atoms with Gasteiger partial charge in [0.05, 0.1) is 51.8 Å². The maximum Gasteiger partial charge on any atom is 0.243 e.